The first-order chi connectivity index (χ1) is 7.15. The van der Waals surface area contributed by atoms with Crippen LogP contribution in [0.15, 0.2) is 18.2 Å². The van der Waals surface area contributed by atoms with E-state index in [9.17, 15) is 0 Å². The number of benzene rings is 1. The molecule has 1 atom stereocenters. The molecule has 0 saturated carbocycles. The molecule has 3 heteroatoms. The molecule has 84 valence electrons. The first-order valence-corrected chi connectivity index (χ1v) is 5.67. The van der Waals surface area contributed by atoms with Crippen molar-refractivity contribution in [3.63, 3.8) is 0 Å². The smallest absolute Gasteiger partial charge is 0.0755 e. The van der Waals surface area contributed by atoms with Crippen LogP contribution < -0.4 is 5.73 Å². The fourth-order valence-corrected chi connectivity index (χ4v) is 1.68. The maximum Gasteiger partial charge on any atom is 0.0755 e. The summed E-state index contributed by atoms with van der Waals surface area (Å²) in [4.78, 5) is 0. The number of halogens is 1. The first-order valence-electron chi connectivity index (χ1n) is 5.29. The molecule has 0 amide bonds. The zero-order valence-corrected chi connectivity index (χ0v) is 10.1. The lowest BCUT2D eigenvalue weighted by Gasteiger charge is -2.14. The molecule has 0 aliphatic heterocycles. The van der Waals surface area contributed by atoms with Gasteiger partial charge in [-0.2, -0.15) is 0 Å². The largest absolute Gasteiger partial charge is 0.398 e. The van der Waals surface area contributed by atoms with Crippen molar-refractivity contribution in [3.8, 4) is 0 Å². The van der Waals surface area contributed by atoms with Crippen LogP contribution in [-0.4, -0.2) is 6.10 Å². The van der Waals surface area contributed by atoms with Crippen molar-refractivity contribution in [2.75, 3.05) is 5.73 Å². The van der Waals surface area contributed by atoms with Crippen LogP contribution in [0.25, 0.3) is 0 Å². The van der Waals surface area contributed by atoms with Crippen LogP contribution in [0.5, 0.6) is 0 Å². The van der Waals surface area contributed by atoms with Gasteiger partial charge in [-0.05, 0) is 25.5 Å². The number of ether oxygens (including phenoxy) is 1. The van der Waals surface area contributed by atoms with Gasteiger partial charge in [-0.25, -0.2) is 0 Å². The van der Waals surface area contributed by atoms with Crippen molar-refractivity contribution >= 4 is 17.3 Å². The van der Waals surface area contributed by atoms with Crippen LogP contribution in [0.4, 0.5) is 5.69 Å². The minimum atomic E-state index is 0.255. The Morgan fingerprint density at radius 3 is 2.80 bits per heavy atom. The molecular weight excluding hydrogens is 210 g/mol. The van der Waals surface area contributed by atoms with Crippen LogP contribution in [0.2, 0.25) is 5.02 Å². The van der Waals surface area contributed by atoms with Crippen LogP contribution in [0, 0.1) is 0 Å². The molecule has 0 radical (unpaired) electrons. The fraction of sp³-hybridized carbons (Fsp3) is 0.500. The molecule has 0 spiro atoms. The van der Waals surface area contributed by atoms with Gasteiger partial charge < -0.3 is 10.5 Å². The highest BCUT2D eigenvalue weighted by atomic mass is 35.5. The Kier molecular flexibility index (Phi) is 4.92. The van der Waals surface area contributed by atoms with E-state index in [1.165, 1.54) is 0 Å². The molecule has 1 aromatic rings. The van der Waals surface area contributed by atoms with E-state index in [0.717, 1.165) is 18.4 Å². The molecule has 1 unspecified atom stereocenters. The molecule has 0 heterocycles. The van der Waals surface area contributed by atoms with Crippen LogP contribution in [0.1, 0.15) is 32.3 Å². The Labute approximate surface area is 96.4 Å². The number of hydrogen-bond donors (Lipinski definition) is 1. The number of nitrogens with two attached hydrogens (primary N) is 1. The monoisotopic (exact) mass is 227 g/mol. The summed E-state index contributed by atoms with van der Waals surface area (Å²) in [5.41, 5.74) is 7.41. The zero-order valence-electron chi connectivity index (χ0n) is 9.29. The second kappa shape index (κ2) is 5.99. The van der Waals surface area contributed by atoms with E-state index >= 15 is 0 Å². The Morgan fingerprint density at radius 1 is 1.47 bits per heavy atom. The molecule has 0 aromatic heterocycles. The lowest BCUT2D eigenvalue weighted by molar-refractivity contribution is 0.0475. The lowest BCUT2D eigenvalue weighted by Crippen LogP contribution is -2.08. The third-order valence-corrected chi connectivity index (χ3v) is 2.72. The fourth-order valence-electron chi connectivity index (χ4n) is 1.44. The van der Waals surface area contributed by atoms with Crippen molar-refractivity contribution in [1.29, 1.82) is 0 Å². The number of anilines is 1. The van der Waals surface area contributed by atoms with E-state index in [-0.39, 0.29) is 6.10 Å². The van der Waals surface area contributed by atoms with Crippen molar-refractivity contribution in [2.45, 2.75) is 39.4 Å². The van der Waals surface area contributed by atoms with Crippen molar-refractivity contribution < 1.29 is 4.74 Å². The van der Waals surface area contributed by atoms with Gasteiger partial charge in [-0.3, -0.25) is 0 Å². The average molecular weight is 228 g/mol. The van der Waals surface area contributed by atoms with E-state index in [1.807, 2.05) is 18.2 Å². The molecule has 1 aromatic carbocycles. The van der Waals surface area contributed by atoms with Crippen molar-refractivity contribution in [2.24, 2.45) is 0 Å². The van der Waals surface area contributed by atoms with Crippen molar-refractivity contribution in [1.82, 2.24) is 0 Å². The zero-order chi connectivity index (χ0) is 11.3. The maximum atomic E-state index is 6.03. The molecule has 1 rings (SSSR count). The number of rotatable bonds is 5. The Morgan fingerprint density at radius 2 is 2.20 bits per heavy atom. The Balaban J connectivity index is 2.57. The van der Waals surface area contributed by atoms with E-state index in [0.29, 0.717) is 17.3 Å². The standard InChI is InChI=1S/C12H18ClNO/c1-3-5-9(2)15-8-10-11(13)6-4-7-12(10)14/h4,6-7,9H,3,5,8,14H2,1-2H3. The molecular formula is C12H18ClNO. The summed E-state index contributed by atoms with van der Waals surface area (Å²) in [6.07, 6.45) is 2.44. The molecule has 0 fully saturated rings. The van der Waals surface area contributed by atoms with Gasteiger partial charge in [-0.1, -0.05) is 31.0 Å². The van der Waals surface area contributed by atoms with E-state index < -0.39 is 0 Å². The highest BCUT2D eigenvalue weighted by Gasteiger charge is 2.07. The summed E-state index contributed by atoms with van der Waals surface area (Å²) >= 11 is 6.03. The molecule has 15 heavy (non-hydrogen) atoms. The van der Waals surface area contributed by atoms with Gasteiger partial charge in [0.05, 0.1) is 12.7 Å². The number of hydrogen-bond acceptors (Lipinski definition) is 2. The summed E-state index contributed by atoms with van der Waals surface area (Å²) in [6, 6.07) is 5.52. The summed E-state index contributed by atoms with van der Waals surface area (Å²) in [7, 11) is 0. The molecule has 0 bridgehead atoms. The van der Waals surface area contributed by atoms with Gasteiger partial charge >= 0.3 is 0 Å². The average Bonchev–Trinajstić information content (AvgIpc) is 2.17. The summed E-state index contributed by atoms with van der Waals surface area (Å²) in [5, 5.41) is 0.679. The van der Waals surface area contributed by atoms with Gasteiger partial charge in [0.1, 0.15) is 0 Å². The molecule has 2 N–H and O–H groups in total. The van der Waals surface area contributed by atoms with Crippen LogP contribution in [0.3, 0.4) is 0 Å². The summed E-state index contributed by atoms with van der Waals surface area (Å²) in [5.74, 6) is 0. The highest BCUT2D eigenvalue weighted by Crippen LogP contribution is 2.23. The SMILES string of the molecule is CCCC(C)OCc1c(N)cccc1Cl. The third-order valence-electron chi connectivity index (χ3n) is 2.36. The normalized spacial score (nSPS) is 12.7. The topological polar surface area (TPSA) is 35.2 Å². The summed E-state index contributed by atoms with van der Waals surface area (Å²) in [6.45, 7) is 4.70. The van der Waals surface area contributed by atoms with E-state index in [2.05, 4.69) is 13.8 Å². The van der Waals surface area contributed by atoms with Crippen LogP contribution in [-0.2, 0) is 11.3 Å². The third kappa shape index (κ3) is 3.73. The maximum absolute atomic E-state index is 6.03. The lowest BCUT2D eigenvalue weighted by atomic mass is 10.2. The minimum Gasteiger partial charge on any atom is -0.398 e. The predicted molar refractivity (Wildman–Crippen MR) is 65.0 cm³/mol. The number of nitrogen functional groups attached to an aromatic ring is 1. The first kappa shape index (κ1) is 12.3. The molecule has 0 saturated heterocycles. The Bertz CT molecular complexity index is 294. The second-order valence-electron chi connectivity index (χ2n) is 3.72. The Hall–Kier alpha value is -0.730. The molecule has 2 nitrogen and oxygen atoms in total. The summed E-state index contributed by atoms with van der Waals surface area (Å²) < 4.78 is 5.67. The molecule has 0 aliphatic rings. The van der Waals surface area contributed by atoms with Crippen LogP contribution >= 0.6 is 11.6 Å². The van der Waals surface area contributed by atoms with E-state index in [1.54, 1.807) is 0 Å². The minimum absolute atomic E-state index is 0.255. The highest BCUT2D eigenvalue weighted by molar-refractivity contribution is 6.31. The quantitative estimate of drug-likeness (QED) is 0.780. The van der Waals surface area contributed by atoms with E-state index in [4.69, 9.17) is 22.1 Å². The second-order valence-corrected chi connectivity index (χ2v) is 4.13. The van der Waals surface area contributed by atoms with Crippen molar-refractivity contribution in [3.05, 3.63) is 28.8 Å². The molecule has 0 aliphatic carbocycles. The predicted octanol–water partition coefficient (Wildman–Crippen LogP) is 3.63. The van der Waals surface area contributed by atoms with Gasteiger partial charge in [0.25, 0.3) is 0 Å². The van der Waals surface area contributed by atoms with Gasteiger partial charge in [-0.15, -0.1) is 0 Å². The van der Waals surface area contributed by atoms with Gasteiger partial charge in [0, 0.05) is 16.3 Å². The van der Waals surface area contributed by atoms with Gasteiger partial charge in [0.2, 0.25) is 0 Å². The van der Waals surface area contributed by atoms with Gasteiger partial charge in [0.15, 0.2) is 0 Å².